The van der Waals surface area contributed by atoms with E-state index in [-0.39, 0.29) is 6.61 Å². The molecule has 2 rings (SSSR count). The van der Waals surface area contributed by atoms with Crippen molar-refractivity contribution in [3.05, 3.63) is 18.2 Å². The highest BCUT2D eigenvalue weighted by Gasteiger charge is 2.45. The minimum Gasteiger partial charge on any atom is -0.497 e. The van der Waals surface area contributed by atoms with Gasteiger partial charge in [0.15, 0.2) is 6.29 Å². The third kappa shape index (κ3) is 31.6. The van der Waals surface area contributed by atoms with Crippen LogP contribution >= 0.6 is 0 Å². The molecule has 0 unspecified atom stereocenters. The van der Waals surface area contributed by atoms with Crippen molar-refractivity contribution in [3.8, 4) is 11.5 Å². The van der Waals surface area contributed by atoms with Crippen LogP contribution in [0, 0.1) is 0 Å². The van der Waals surface area contributed by atoms with Crippen LogP contribution in [-0.4, -0.2) is 115 Å². The summed E-state index contributed by atoms with van der Waals surface area (Å²) in [7, 11) is 2.97. The molecule has 1 saturated heterocycles. The van der Waals surface area contributed by atoms with E-state index in [0.717, 1.165) is 38.5 Å². The fraction of sp³-hybridized carbons (Fsp3) is 0.881. The van der Waals surface area contributed by atoms with E-state index >= 15 is 0 Å². The number of ether oxygens (including phenoxy) is 5. The maximum atomic E-state index is 12.7. The molecule has 0 saturated carbocycles. The second kappa shape index (κ2) is 45.0. The van der Waals surface area contributed by atoms with Crippen LogP contribution in [0.3, 0.4) is 0 Å². The van der Waals surface area contributed by atoms with Crippen molar-refractivity contribution < 1.29 is 54.0 Å². The molecule has 0 bridgehead atoms. The number of carbonyl (C=O) groups is 1. The Balaban J connectivity index is 1.73. The fourth-order valence-corrected chi connectivity index (χ4v) is 9.88. The summed E-state index contributed by atoms with van der Waals surface area (Å²) in [5, 5.41) is 61.0. The van der Waals surface area contributed by atoms with E-state index in [9.17, 15) is 30.3 Å². The quantitative estimate of drug-likeness (QED) is 0.0307. The summed E-state index contributed by atoms with van der Waals surface area (Å²) in [4.78, 5) is 12.7. The number of benzene rings is 1. The smallest absolute Gasteiger partial charge is 0.411 e. The number of hydrogen-bond donors (Lipinski definition) is 7. The summed E-state index contributed by atoms with van der Waals surface area (Å²) in [6.07, 6.45) is 36.5. The monoisotopic (exact) mass is 1020 g/mol. The number of methoxy groups -OCH3 is 2. The number of carbonyl (C=O) groups excluding carboxylic acids is 1. The predicted molar refractivity (Wildman–Crippen MR) is 293 cm³/mol. The lowest BCUT2D eigenvalue weighted by Crippen LogP contribution is -2.60. The van der Waals surface area contributed by atoms with Crippen molar-refractivity contribution in [2.45, 2.75) is 300 Å². The first-order valence-corrected chi connectivity index (χ1v) is 29.7. The highest BCUT2D eigenvalue weighted by molar-refractivity contribution is 5.87. The molecule has 1 fully saturated rings. The minimum atomic E-state index is -1.66. The molecule has 1 aromatic carbocycles. The van der Waals surface area contributed by atoms with Crippen molar-refractivity contribution in [1.82, 2.24) is 5.32 Å². The predicted octanol–water partition coefficient (Wildman–Crippen LogP) is 13.2. The van der Waals surface area contributed by atoms with Crippen molar-refractivity contribution in [3.63, 3.8) is 0 Å². The molecule has 13 nitrogen and oxygen atoms in total. The second-order valence-electron chi connectivity index (χ2n) is 21.1. The molecule has 72 heavy (non-hydrogen) atoms. The molecule has 0 spiro atoms. The van der Waals surface area contributed by atoms with Crippen molar-refractivity contribution in [1.29, 1.82) is 0 Å². The Labute approximate surface area is 439 Å². The number of aliphatic hydroxyl groups is 5. The lowest BCUT2D eigenvalue weighted by atomic mass is 9.98. The third-order valence-corrected chi connectivity index (χ3v) is 14.7. The van der Waals surface area contributed by atoms with Gasteiger partial charge in [-0.05, 0) is 31.5 Å². The molecule has 1 aromatic rings. The Kier molecular flexibility index (Phi) is 41.2. The van der Waals surface area contributed by atoms with Gasteiger partial charge in [0.25, 0.3) is 0 Å². The number of nitrogens with one attached hydrogen (secondary N) is 2. The molecular weight excluding hydrogens is 913 g/mol. The zero-order valence-electron chi connectivity index (χ0n) is 46.3. The number of amides is 1. The molecule has 1 aliphatic heterocycles. The molecule has 7 N–H and O–H groups in total. The van der Waals surface area contributed by atoms with Gasteiger partial charge in [-0.2, -0.15) is 0 Å². The molecule has 1 aliphatic rings. The van der Waals surface area contributed by atoms with Gasteiger partial charge in [0.1, 0.15) is 42.5 Å². The summed E-state index contributed by atoms with van der Waals surface area (Å²) in [5.41, 5.74) is 0.328. The van der Waals surface area contributed by atoms with Crippen molar-refractivity contribution in [2.24, 2.45) is 0 Å². The normalized spacial score (nSPS) is 19.3. The summed E-state index contributed by atoms with van der Waals surface area (Å²) < 4.78 is 27.7. The van der Waals surface area contributed by atoms with Crippen LogP contribution in [-0.2, 0) is 14.2 Å². The van der Waals surface area contributed by atoms with E-state index in [2.05, 4.69) is 24.5 Å². The standard InChI is InChI=1S/C59H110N2O11/c1-5-7-9-11-13-15-17-19-20-21-22-23-24-25-26-27-28-29-30-32-34-36-38-40-44-60-50(54(63)51(62)41-39-37-35-33-31-18-16-14-12-10-8-6-2)46-70-58-57(66)56(65)55(64)53(72-58)47-71-59(67)61-49-43-42-48(68-3)45-52(49)69-4/h42-43,45,50-51,53-58,60,62-66H,5-41,44,46-47H2,1-4H3,(H,61,67)/t50-,51+,53+,54-,55-,56-,57+,58+/m0/s1. The van der Waals surface area contributed by atoms with E-state index in [1.54, 1.807) is 18.2 Å². The molecule has 1 amide bonds. The summed E-state index contributed by atoms with van der Waals surface area (Å²) in [6.45, 7) is 4.53. The van der Waals surface area contributed by atoms with E-state index < -0.39 is 61.7 Å². The lowest BCUT2D eigenvalue weighted by Gasteiger charge is -2.40. The number of rotatable bonds is 49. The molecular formula is C59H110N2O11. The topological polar surface area (TPSA) is 188 Å². The molecule has 0 aliphatic carbocycles. The Hall–Kier alpha value is -2.23. The van der Waals surface area contributed by atoms with Crippen molar-refractivity contribution >= 4 is 11.8 Å². The number of hydrogen-bond acceptors (Lipinski definition) is 12. The Morgan fingerprint density at radius 1 is 0.569 bits per heavy atom. The van der Waals surface area contributed by atoms with E-state index in [1.807, 2.05) is 0 Å². The van der Waals surface area contributed by atoms with Gasteiger partial charge in [0, 0.05) is 6.07 Å². The second-order valence-corrected chi connectivity index (χ2v) is 21.1. The zero-order chi connectivity index (χ0) is 52.3. The number of aliphatic hydroxyl groups excluding tert-OH is 5. The summed E-state index contributed by atoms with van der Waals surface area (Å²) in [6, 6.07) is 4.15. The Morgan fingerprint density at radius 2 is 1.00 bits per heavy atom. The number of anilines is 1. The van der Waals surface area contributed by atoms with Gasteiger partial charge in [-0.3, -0.25) is 5.32 Å². The Morgan fingerprint density at radius 3 is 1.43 bits per heavy atom. The van der Waals surface area contributed by atoms with Gasteiger partial charge in [0.2, 0.25) is 0 Å². The van der Waals surface area contributed by atoms with E-state index in [4.69, 9.17) is 23.7 Å². The van der Waals surface area contributed by atoms with Gasteiger partial charge in [-0.15, -0.1) is 0 Å². The van der Waals surface area contributed by atoms with E-state index in [1.165, 1.54) is 207 Å². The van der Waals surface area contributed by atoms with Gasteiger partial charge in [-0.1, -0.05) is 239 Å². The van der Waals surface area contributed by atoms with Crippen LogP contribution in [0.4, 0.5) is 10.5 Å². The lowest BCUT2D eigenvalue weighted by molar-refractivity contribution is -0.302. The van der Waals surface area contributed by atoms with Gasteiger partial charge >= 0.3 is 6.09 Å². The van der Waals surface area contributed by atoms with Crippen LogP contribution in [0.25, 0.3) is 0 Å². The minimum absolute atomic E-state index is 0.147. The molecule has 422 valence electrons. The van der Waals surface area contributed by atoms with Gasteiger partial charge in [-0.25, -0.2) is 4.79 Å². The Bertz CT molecular complexity index is 1390. The SMILES string of the molecule is CCCCCCCCCCCCCCCCCCCCCCCCCCN[C@@H](CO[C@@H]1O[C@H](COC(=O)Nc2ccc(OC)cc2OC)[C@H](O)[C@H](O)[C@H]1O)[C@H](O)[C@H](O)CCCCCCCCCCCCCC. The van der Waals surface area contributed by atoms with Crippen molar-refractivity contribution in [2.75, 3.05) is 39.3 Å². The average molecular weight is 1020 g/mol. The van der Waals surface area contributed by atoms with E-state index in [0.29, 0.717) is 30.2 Å². The maximum Gasteiger partial charge on any atom is 0.411 e. The molecule has 1 heterocycles. The maximum absolute atomic E-state index is 12.7. The fourth-order valence-electron chi connectivity index (χ4n) is 9.88. The van der Waals surface area contributed by atoms with Crippen LogP contribution in [0.2, 0.25) is 0 Å². The molecule has 0 radical (unpaired) electrons. The van der Waals surface area contributed by atoms with Crippen LogP contribution < -0.4 is 20.1 Å². The first-order chi connectivity index (χ1) is 35.2. The third-order valence-electron chi connectivity index (χ3n) is 14.7. The first-order valence-electron chi connectivity index (χ1n) is 29.7. The van der Waals surface area contributed by atoms with Crippen LogP contribution in [0.1, 0.15) is 251 Å². The zero-order valence-corrected chi connectivity index (χ0v) is 46.3. The van der Waals surface area contributed by atoms with Crippen LogP contribution in [0.5, 0.6) is 11.5 Å². The number of unbranched alkanes of at least 4 members (excludes halogenated alkanes) is 34. The van der Waals surface area contributed by atoms with Gasteiger partial charge < -0.3 is 54.5 Å². The van der Waals surface area contributed by atoms with Gasteiger partial charge in [0.05, 0.1) is 44.8 Å². The van der Waals surface area contributed by atoms with Crippen LogP contribution in [0.15, 0.2) is 18.2 Å². The first kappa shape index (κ1) is 65.9. The average Bonchev–Trinajstić information content (AvgIpc) is 3.39. The molecule has 8 atom stereocenters. The summed E-state index contributed by atoms with van der Waals surface area (Å²) in [5.74, 6) is 0.881. The molecule has 13 heteroatoms. The summed E-state index contributed by atoms with van der Waals surface area (Å²) >= 11 is 0. The molecule has 0 aromatic heterocycles. The highest BCUT2D eigenvalue weighted by Crippen LogP contribution is 2.30. The highest BCUT2D eigenvalue weighted by atomic mass is 16.7. The largest absolute Gasteiger partial charge is 0.497 e.